The quantitative estimate of drug-likeness (QED) is 0.652. The van der Waals surface area contributed by atoms with Crippen LogP contribution in [0.2, 0.25) is 0 Å². The molecule has 3 aromatic rings. The molecule has 4 rings (SSSR count). The lowest BCUT2D eigenvalue weighted by molar-refractivity contribution is 0.112. The van der Waals surface area contributed by atoms with Crippen LogP contribution >= 0.6 is 27.3 Å². The highest BCUT2D eigenvalue weighted by atomic mass is 79.9. The number of halogens is 1. The number of piperidine rings is 1. The second-order valence-corrected chi connectivity index (χ2v) is 9.43. The van der Waals surface area contributed by atoms with Crippen LogP contribution < -0.4 is 0 Å². The number of fused-ring (bicyclic) bond motifs is 1. The van der Waals surface area contributed by atoms with Crippen molar-refractivity contribution in [2.45, 2.75) is 33.2 Å². The molecule has 3 atom stereocenters. The van der Waals surface area contributed by atoms with Crippen LogP contribution in [-0.4, -0.2) is 37.7 Å². The third-order valence-electron chi connectivity index (χ3n) is 4.98. The fourth-order valence-electron chi connectivity index (χ4n) is 4.15. The summed E-state index contributed by atoms with van der Waals surface area (Å²) in [6.07, 6.45) is 1.25. The van der Waals surface area contributed by atoms with Gasteiger partial charge in [0.05, 0.1) is 10.9 Å². The highest BCUT2D eigenvalue weighted by molar-refractivity contribution is 9.10. The Morgan fingerprint density at radius 1 is 1.27 bits per heavy atom. The third-order valence-corrected chi connectivity index (χ3v) is 6.55. The topological polar surface area (TPSA) is 53.7 Å². The zero-order valence-corrected chi connectivity index (χ0v) is 17.6. The summed E-state index contributed by atoms with van der Waals surface area (Å²) in [5.74, 6) is 2.17. The van der Waals surface area contributed by atoms with E-state index in [-0.39, 0.29) is 11.9 Å². The Labute approximate surface area is 165 Å². The smallest absolute Gasteiger partial charge is 0.230 e. The molecule has 0 unspecified atom stereocenters. The van der Waals surface area contributed by atoms with Crippen molar-refractivity contribution in [1.29, 1.82) is 0 Å². The summed E-state index contributed by atoms with van der Waals surface area (Å²) in [5, 5.41) is 15.2. The molecule has 1 N–H and O–H groups in total. The number of thiazole rings is 1. The Morgan fingerprint density at radius 3 is 2.65 bits per heavy atom. The minimum Gasteiger partial charge on any atom is -0.492 e. The summed E-state index contributed by atoms with van der Waals surface area (Å²) in [5.41, 5.74) is 1.18. The normalized spacial score (nSPS) is 22.8. The van der Waals surface area contributed by atoms with E-state index in [0.717, 1.165) is 27.4 Å². The zero-order valence-electron chi connectivity index (χ0n) is 15.2. The van der Waals surface area contributed by atoms with Gasteiger partial charge in [0.15, 0.2) is 0 Å². The van der Waals surface area contributed by atoms with Gasteiger partial charge in [0.25, 0.3) is 0 Å². The van der Waals surface area contributed by atoms with Crippen LogP contribution in [0.4, 0.5) is 0 Å². The Hall–Kier alpha value is -1.44. The molecule has 1 aliphatic rings. The van der Waals surface area contributed by atoms with Gasteiger partial charge in [-0.05, 0) is 42.9 Å². The van der Waals surface area contributed by atoms with Gasteiger partial charge in [-0.2, -0.15) is 4.52 Å². The minimum absolute atomic E-state index is 0.00602. The van der Waals surface area contributed by atoms with Crippen LogP contribution in [0.25, 0.3) is 4.96 Å². The molecule has 0 aliphatic carbocycles. The average molecular weight is 435 g/mol. The van der Waals surface area contributed by atoms with Crippen LogP contribution in [0.15, 0.2) is 28.7 Å². The lowest BCUT2D eigenvalue weighted by atomic mass is 9.89. The number of hydrogen-bond acceptors (Lipinski definition) is 5. The first-order valence-corrected chi connectivity index (χ1v) is 10.6. The molecule has 0 spiro atoms. The first kappa shape index (κ1) is 17.9. The second-order valence-electron chi connectivity index (χ2n) is 7.50. The van der Waals surface area contributed by atoms with Gasteiger partial charge in [-0.3, -0.25) is 4.90 Å². The number of hydrogen-bond donors (Lipinski definition) is 1. The standard InChI is InChI=1S/C19H23BrN4OS/c1-11-7-12(2)10-23(9-11)16(14-5-4-6-15(20)8-14)17-18(25)24-19(26-17)21-13(3)22-24/h4-6,8,11-12,16,25H,7,9-10H2,1-3H3/t11-,12-,16-/m0/s1. The first-order valence-electron chi connectivity index (χ1n) is 8.97. The van der Waals surface area contributed by atoms with Crippen LogP contribution in [-0.2, 0) is 0 Å². The molecule has 26 heavy (non-hydrogen) atoms. The molecule has 0 bridgehead atoms. The van der Waals surface area contributed by atoms with E-state index in [1.54, 1.807) is 4.52 Å². The third kappa shape index (κ3) is 3.28. The van der Waals surface area contributed by atoms with Gasteiger partial charge in [-0.15, -0.1) is 5.10 Å². The Bertz CT molecular complexity index is 927. The molecule has 138 valence electrons. The van der Waals surface area contributed by atoms with Crippen molar-refractivity contribution in [1.82, 2.24) is 19.5 Å². The highest BCUT2D eigenvalue weighted by Crippen LogP contribution is 2.42. The van der Waals surface area contributed by atoms with Crippen molar-refractivity contribution >= 4 is 32.2 Å². The average Bonchev–Trinajstić information content (AvgIpc) is 3.05. The molecule has 3 heterocycles. The molecule has 1 saturated heterocycles. The number of rotatable bonds is 3. The van der Waals surface area contributed by atoms with E-state index in [2.05, 4.69) is 63.0 Å². The monoisotopic (exact) mass is 434 g/mol. The van der Waals surface area contributed by atoms with Gasteiger partial charge in [0, 0.05) is 17.6 Å². The van der Waals surface area contributed by atoms with Crippen molar-refractivity contribution in [2.75, 3.05) is 13.1 Å². The first-order chi connectivity index (χ1) is 12.4. The molecule has 1 fully saturated rings. The van der Waals surface area contributed by atoms with E-state index < -0.39 is 0 Å². The summed E-state index contributed by atoms with van der Waals surface area (Å²) in [6, 6.07) is 8.39. The SMILES string of the molecule is Cc1nc2sc([C@H](c3cccc(Br)c3)N3C[C@@H](C)C[C@H](C)C3)c(O)n2n1. The molecule has 7 heteroatoms. The Balaban J connectivity index is 1.84. The van der Waals surface area contributed by atoms with Crippen LogP contribution in [0.1, 0.15) is 42.6 Å². The number of nitrogens with zero attached hydrogens (tertiary/aromatic N) is 4. The van der Waals surface area contributed by atoms with Gasteiger partial charge in [-0.25, -0.2) is 4.98 Å². The maximum Gasteiger partial charge on any atom is 0.230 e. The number of aryl methyl sites for hydroxylation is 1. The van der Waals surface area contributed by atoms with Gasteiger partial charge in [-0.1, -0.05) is 53.2 Å². The predicted octanol–water partition coefficient (Wildman–Crippen LogP) is 4.63. The van der Waals surface area contributed by atoms with E-state index in [1.165, 1.54) is 23.3 Å². The maximum atomic E-state index is 10.9. The lowest BCUT2D eigenvalue weighted by Crippen LogP contribution is -2.41. The molecule has 2 aromatic heterocycles. The van der Waals surface area contributed by atoms with E-state index in [0.29, 0.717) is 17.7 Å². The lowest BCUT2D eigenvalue weighted by Gasteiger charge is -2.40. The van der Waals surface area contributed by atoms with Gasteiger partial charge in [0.2, 0.25) is 10.8 Å². The van der Waals surface area contributed by atoms with Crippen LogP contribution in [0.3, 0.4) is 0 Å². The molecular weight excluding hydrogens is 412 g/mol. The Kier molecular flexibility index (Phi) is 4.79. The molecule has 0 radical (unpaired) electrons. The number of benzene rings is 1. The highest BCUT2D eigenvalue weighted by Gasteiger charge is 2.33. The van der Waals surface area contributed by atoms with Crippen LogP contribution in [0, 0.1) is 18.8 Å². The van der Waals surface area contributed by atoms with Gasteiger partial charge >= 0.3 is 0 Å². The van der Waals surface area contributed by atoms with E-state index in [1.807, 2.05) is 13.0 Å². The molecule has 1 aromatic carbocycles. The summed E-state index contributed by atoms with van der Waals surface area (Å²) >= 11 is 5.13. The number of likely N-dealkylation sites (tertiary alicyclic amines) is 1. The van der Waals surface area contributed by atoms with Gasteiger partial charge < -0.3 is 5.11 Å². The zero-order chi connectivity index (χ0) is 18.4. The molecule has 0 amide bonds. The fourth-order valence-corrected chi connectivity index (χ4v) is 5.73. The largest absolute Gasteiger partial charge is 0.492 e. The van der Waals surface area contributed by atoms with Crippen molar-refractivity contribution in [2.24, 2.45) is 11.8 Å². The van der Waals surface area contributed by atoms with Gasteiger partial charge in [0.1, 0.15) is 5.82 Å². The molecule has 0 saturated carbocycles. The Morgan fingerprint density at radius 2 is 2.00 bits per heavy atom. The van der Waals surface area contributed by atoms with Crippen molar-refractivity contribution in [3.8, 4) is 5.88 Å². The second kappa shape index (κ2) is 6.94. The number of aromatic nitrogens is 3. The number of aromatic hydroxyl groups is 1. The molecular formula is C19H23BrN4OS. The van der Waals surface area contributed by atoms with E-state index >= 15 is 0 Å². The minimum atomic E-state index is 0.00602. The summed E-state index contributed by atoms with van der Waals surface area (Å²) in [6.45, 7) is 8.51. The summed E-state index contributed by atoms with van der Waals surface area (Å²) < 4.78 is 2.62. The summed E-state index contributed by atoms with van der Waals surface area (Å²) in [4.78, 5) is 8.60. The van der Waals surface area contributed by atoms with Crippen molar-refractivity contribution in [3.05, 3.63) is 45.0 Å². The van der Waals surface area contributed by atoms with E-state index in [9.17, 15) is 5.11 Å². The van der Waals surface area contributed by atoms with Crippen molar-refractivity contribution in [3.63, 3.8) is 0 Å². The van der Waals surface area contributed by atoms with Crippen molar-refractivity contribution < 1.29 is 5.11 Å². The fraction of sp³-hybridized carbons (Fsp3) is 0.474. The summed E-state index contributed by atoms with van der Waals surface area (Å²) in [7, 11) is 0. The van der Waals surface area contributed by atoms with Crippen LogP contribution in [0.5, 0.6) is 5.88 Å². The van der Waals surface area contributed by atoms with E-state index in [4.69, 9.17) is 0 Å². The molecule has 5 nitrogen and oxygen atoms in total. The molecule has 1 aliphatic heterocycles. The predicted molar refractivity (Wildman–Crippen MR) is 108 cm³/mol. The maximum absolute atomic E-state index is 10.9.